The van der Waals surface area contributed by atoms with Gasteiger partial charge in [-0.25, -0.2) is 4.68 Å². The number of carbonyl (C=O) groups is 1. The summed E-state index contributed by atoms with van der Waals surface area (Å²) in [6.07, 6.45) is 5.52. The monoisotopic (exact) mass is 347 g/mol. The Balaban J connectivity index is 1.57. The lowest BCUT2D eigenvalue weighted by Gasteiger charge is -2.29. The zero-order chi connectivity index (χ0) is 16.6. The zero-order valence-electron chi connectivity index (χ0n) is 13.4. The summed E-state index contributed by atoms with van der Waals surface area (Å²) >= 11 is 1.51. The first-order valence-corrected chi connectivity index (χ1v) is 9.22. The number of rotatable bonds is 5. The molecule has 2 fully saturated rings. The Kier molecular flexibility index (Phi) is 4.11. The van der Waals surface area contributed by atoms with Crippen molar-refractivity contribution in [3.05, 3.63) is 34.3 Å². The highest BCUT2D eigenvalue weighted by atomic mass is 32.1. The van der Waals surface area contributed by atoms with Crippen molar-refractivity contribution in [2.45, 2.75) is 37.4 Å². The first-order chi connectivity index (χ1) is 11.7. The van der Waals surface area contributed by atoms with Crippen LogP contribution in [-0.4, -0.2) is 34.1 Å². The number of ether oxygens (including phenoxy) is 1. The van der Waals surface area contributed by atoms with E-state index in [1.807, 2.05) is 23.0 Å². The van der Waals surface area contributed by atoms with E-state index in [9.17, 15) is 4.79 Å². The van der Waals surface area contributed by atoms with Gasteiger partial charge in [0, 0.05) is 18.6 Å². The molecule has 1 aliphatic heterocycles. The van der Waals surface area contributed by atoms with E-state index >= 15 is 0 Å². The summed E-state index contributed by atoms with van der Waals surface area (Å²) in [4.78, 5) is 12.5. The number of nitrogens with two attached hydrogens (primary N) is 1. The topological polar surface area (TPSA) is 95.1 Å². The quantitative estimate of drug-likeness (QED) is 0.857. The lowest BCUT2D eigenvalue weighted by molar-refractivity contribution is 0.0508. The van der Waals surface area contributed by atoms with Gasteiger partial charge in [-0.3, -0.25) is 4.79 Å². The predicted molar refractivity (Wildman–Crippen MR) is 89.5 cm³/mol. The molecule has 2 aromatic rings. The molecule has 4 rings (SSSR count). The van der Waals surface area contributed by atoms with Gasteiger partial charge in [0.2, 0.25) is 0 Å². The number of thiophene rings is 1. The molecule has 0 unspecified atom stereocenters. The SMILES string of the molecule is NC1(n2cc([C@@H](NC(=O)c3ccsc3)C3CCOCC3)nn2)CC1. The van der Waals surface area contributed by atoms with Crippen molar-refractivity contribution in [1.82, 2.24) is 20.3 Å². The van der Waals surface area contributed by atoms with Gasteiger partial charge in [-0.1, -0.05) is 5.21 Å². The van der Waals surface area contributed by atoms with Crippen LogP contribution in [0.4, 0.5) is 0 Å². The summed E-state index contributed by atoms with van der Waals surface area (Å²) in [7, 11) is 0. The van der Waals surface area contributed by atoms with Gasteiger partial charge in [0.1, 0.15) is 11.4 Å². The van der Waals surface area contributed by atoms with Gasteiger partial charge in [0.15, 0.2) is 0 Å². The average molecular weight is 347 g/mol. The lowest BCUT2D eigenvalue weighted by atomic mass is 9.89. The van der Waals surface area contributed by atoms with Gasteiger partial charge < -0.3 is 15.8 Å². The normalized spacial score (nSPS) is 21.4. The van der Waals surface area contributed by atoms with Crippen molar-refractivity contribution >= 4 is 17.2 Å². The molecule has 1 saturated heterocycles. The van der Waals surface area contributed by atoms with Crippen molar-refractivity contribution in [1.29, 1.82) is 0 Å². The highest BCUT2D eigenvalue weighted by Gasteiger charge is 2.42. The van der Waals surface area contributed by atoms with Crippen molar-refractivity contribution < 1.29 is 9.53 Å². The van der Waals surface area contributed by atoms with Gasteiger partial charge in [-0.05, 0) is 43.0 Å². The van der Waals surface area contributed by atoms with Crippen LogP contribution in [0.5, 0.6) is 0 Å². The molecule has 7 nitrogen and oxygen atoms in total. The molecule has 0 aromatic carbocycles. The molecule has 3 N–H and O–H groups in total. The molecule has 128 valence electrons. The molecule has 3 heterocycles. The highest BCUT2D eigenvalue weighted by Crippen LogP contribution is 2.37. The summed E-state index contributed by atoms with van der Waals surface area (Å²) in [5.41, 5.74) is 7.27. The largest absolute Gasteiger partial charge is 0.381 e. The summed E-state index contributed by atoms with van der Waals surface area (Å²) in [5.74, 6) is 0.218. The third kappa shape index (κ3) is 3.09. The molecule has 1 amide bonds. The van der Waals surface area contributed by atoms with Crippen LogP contribution in [-0.2, 0) is 10.4 Å². The van der Waals surface area contributed by atoms with E-state index in [1.165, 1.54) is 11.3 Å². The van der Waals surface area contributed by atoms with E-state index in [2.05, 4.69) is 15.6 Å². The highest BCUT2D eigenvalue weighted by molar-refractivity contribution is 7.08. The minimum atomic E-state index is -0.386. The van der Waals surface area contributed by atoms with Crippen molar-refractivity contribution in [2.24, 2.45) is 11.7 Å². The molecule has 2 aromatic heterocycles. The molecule has 0 spiro atoms. The molecule has 2 aliphatic rings. The fourth-order valence-corrected chi connectivity index (χ4v) is 3.73. The summed E-state index contributed by atoms with van der Waals surface area (Å²) < 4.78 is 7.20. The van der Waals surface area contributed by atoms with Crippen LogP contribution >= 0.6 is 11.3 Å². The van der Waals surface area contributed by atoms with Crippen LogP contribution in [0.2, 0.25) is 0 Å². The van der Waals surface area contributed by atoms with E-state index in [0.717, 1.165) is 31.4 Å². The van der Waals surface area contributed by atoms with Gasteiger partial charge in [-0.15, -0.1) is 5.10 Å². The van der Waals surface area contributed by atoms with Crippen LogP contribution in [0.1, 0.15) is 47.8 Å². The average Bonchev–Trinajstić information content (AvgIpc) is 3.04. The molecule has 8 heteroatoms. The standard InChI is InChI=1S/C16H21N5O2S/c17-16(4-5-16)21-9-13(19-20-21)14(11-1-6-23-7-2-11)18-15(22)12-3-8-24-10-12/h3,8-11,14H,1-2,4-7,17H2,(H,18,22)/t14-/m0/s1. The van der Waals surface area contributed by atoms with E-state index < -0.39 is 0 Å². The van der Waals surface area contributed by atoms with Crippen LogP contribution in [0.25, 0.3) is 0 Å². The van der Waals surface area contributed by atoms with Crippen LogP contribution in [0, 0.1) is 5.92 Å². The second-order valence-electron chi connectivity index (χ2n) is 6.60. The lowest BCUT2D eigenvalue weighted by Crippen LogP contribution is -2.36. The van der Waals surface area contributed by atoms with E-state index in [0.29, 0.717) is 24.7 Å². The molecular weight excluding hydrogens is 326 g/mol. The fourth-order valence-electron chi connectivity index (χ4n) is 3.09. The maximum atomic E-state index is 12.5. The first kappa shape index (κ1) is 15.7. The second-order valence-corrected chi connectivity index (χ2v) is 7.38. The Labute approximate surface area is 144 Å². The van der Waals surface area contributed by atoms with Crippen molar-refractivity contribution in [2.75, 3.05) is 13.2 Å². The number of carbonyl (C=O) groups excluding carboxylic acids is 1. The zero-order valence-corrected chi connectivity index (χ0v) is 14.2. The minimum absolute atomic E-state index is 0.0730. The third-order valence-corrected chi connectivity index (χ3v) is 5.54. The van der Waals surface area contributed by atoms with Crippen molar-refractivity contribution in [3.8, 4) is 0 Å². The van der Waals surface area contributed by atoms with E-state index in [1.54, 1.807) is 4.68 Å². The Hall–Kier alpha value is -1.77. The molecule has 1 aliphatic carbocycles. The maximum absolute atomic E-state index is 12.5. The van der Waals surface area contributed by atoms with E-state index in [-0.39, 0.29) is 17.6 Å². The smallest absolute Gasteiger partial charge is 0.252 e. The molecule has 1 saturated carbocycles. The number of aromatic nitrogens is 3. The van der Waals surface area contributed by atoms with Crippen LogP contribution < -0.4 is 11.1 Å². The van der Waals surface area contributed by atoms with Gasteiger partial charge in [-0.2, -0.15) is 11.3 Å². The fraction of sp³-hybridized carbons (Fsp3) is 0.562. The number of hydrogen-bond donors (Lipinski definition) is 2. The Bertz CT molecular complexity index is 704. The maximum Gasteiger partial charge on any atom is 0.252 e. The number of nitrogens with zero attached hydrogens (tertiary/aromatic N) is 3. The summed E-state index contributed by atoms with van der Waals surface area (Å²) in [6, 6.07) is 1.66. The summed E-state index contributed by atoms with van der Waals surface area (Å²) in [5, 5.41) is 15.4. The van der Waals surface area contributed by atoms with Crippen molar-refractivity contribution in [3.63, 3.8) is 0 Å². The number of nitrogens with one attached hydrogen (secondary N) is 1. The van der Waals surface area contributed by atoms with E-state index in [4.69, 9.17) is 10.5 Å². The van der Waals surface area contributed by atoms with Gasteiger partial charge in [0.05, 0.1) is 17.8 Å². The molecule has 0 radical (unpaired) electrons. The first-order valence-electron chi connectivity index (χ1n) is 8.28. The summed E-state index contributed by atoms with van der Waals surface area (Å²) in [6.45, 7) is 1.43. The molecule has 24 heavy (non-hydrogen) atoms. The molecular formula is C16H21N5O2S. The number of hydrogen-bond acceptors (Lipinski definition) is 6. The number of amides is 1. The second kappa shape index (κ2) is 6.27. The third-order valence-electron chi connectivity index (χ3n) is 4.86. The van der Waals surface area contributed by atoms with Crippen LogP contribution in [0.3, 0.4) is 0 Å². The Morgan fingerprint density at radius 2 is 2.25 bits per heavy atom. The molecule has 1 atom stereocenters. The Morgan fingerprint density at radius 1 is 1.46 bits per heavy atom. The minimum Gasteiger partial charge on any atom is -0.381 e. The van der Waals surface area contributed by atoms with Crippen LogP contribution in [0.15, 0.2) is 23.0 Å². The van der Waals surface area contributed by atoms with Gasteiger partial charge in [0.25, 0.3) is 5.91 Å². The molecule has 0 bridgehead atoms. The Morgan fingerprint density at radius 3 is 2.92 bits per heavy atom. The predicted octanol–water partition coefficient (Wildman–Crippen LogP) is 1.64. The van der Waals surface area contributed by atoms with Gasteiger partial charge >= 0.3 is 0 Å².